The van der Waals surface area contributed by atoms with Crippen LogP contribution in [-0.4, -0.2) is 65.1 Å². The number of cyclic esters (lactones) is 1. The molecule has 0 spiro atoms. The van der Waals surface area contributed by atoms with E-state index in [4.69, 9.17) is 28.7 Å². The van der Waals surface area contributed by atoms with Crippen LogP contribution in [0.4, 0.5) is 4.79 Å². The summed E-state index contributed by atoms with van der Waals surface area (Å²) in [5.41, 5.74) is 1.15. The number of pyridine rings is 2. The van der Waals surface area contributed by atoms with Crippen molar-refractivity contribution in [3.8, 4) is 11.4 Å². The highest BCUT2D eigenvalue weighted by atomic mass is 32.1. The molecule has 4 heterocycles. The van der Waals surface area contributed by atoms with Gasteiger partial charge in [0.2, 0.25) is 5.60 Å². The molecule has 0 amide bonds. The molecule has 2 aliphatic rings. The number of rotatable bonds is 15. The van der Waals surface area contributed by atoms with Crippen molar-refractivity contribution in [1.29, 1.82) is 0 Å². The zero-order chi connectivity index (χ0) is 32.7. The maximum atomic E-state index is 13.6. The predicted octanol–water partition coefficient (Wildman–Crippen LogP) is 4.98. The van der Waals surface area contributed by atoms with Crippen LogP contribution in [-0.2, 0) is 52.0 Å². The van der Waals surface area contributed by atoms with E-state index in [0.29, 0.717) is 29.6 Å². The molecule has 0 fully saturated rings. The van der Waals surface area contributed by atoms with Gasteiger partial charge in [0.05, 0.1) is 42.2 Å². The molecule has 0 saturated heterocycles. The average molecular weight is 671 g/mol. The van der Waals surface area contributed by atoms with Crippen molar-refractivity contribution in [1.82, 2.24) is 9.55 Å². The Labute approximate surface area is 277 Å². The highest BCUT2D eigenvalue weighted by Crippen LogP contribution is 2.41. The van der Waals surface area contributed by atoms with Gasteiger partial charge in [0.1, 0.15) is 19.8 Å². The smallest absolute Gasteiger partial charge is 0.463 e. The molecule has 246 valence electrons. The molecular weight excluding hydrogens is 633 g/mol. The fourth-order valence-electron chi connectivity index (χ4n) is 5.77. The Morgan fingerprint density at radius 1 is 1.07 bits per heavy atom. The fourth-order valence-corrected chi connectivity index (χ4v) is 6.60. The van der Waals surface area contributed by atoms with E-state index in [1.54, 1.807) is 17.6 Å². The number of carbonyl (C=O) groups excluding carboxylic acids is 3. The van der Waals surface area contributed by atoms with Crippen LogP contribution in [0.15, 0.2) is 41.2 Å². The number of fused-ring (bicyclic) bond motifs is 5. The van der Waals surface area contributed by atoms with Crippen LogP contribution in [0, 0.1) is 0 Å². The Hall–Kier alpha value is -3.55. The molecule has 2 atom stereocenters. The zero-order valence-corrected chi connectivity index (χ0v) is 27.5. The molecule has 0 saturated carbocycles. The highest BCUT2D eigenvalue weighted by Gasteiger charge is 2.51. The van der Waals surface area contributed by atoms with Crippen LogP contribution < -0.4 is 5.56 Å². The van der Waals surface area contributed by atoms with Crippen molar-refractivity contribution < 1.29 is 38.1 Å². The number of carbonyl (C=O) groups is 3. The number of benzene rings is 1. The highest BCUT2D eigenvalue weighted by molar-refractivity contribution is 7.81. The lowest BCUT2D eigenvalue weighted by Gasteiger charge is -2.35. The van der Waals surface area contributed by atoms with Gasteiger partial charge in [-0.05, 0) is 49.6 Å². The summed E-state index contributed by atoms with van der Waals surface area (Å²) in [5, 5.41) is 1.25. The lowest BCUT2D eigenvalue weighted by molar-refractivity contribution is -0.175. The number of unbranched alkanes of at least 4 members (excludes halogenated alkanes) is 1. The molecule has 13 heteroatoms. The minimum Gasteiger partial charge on any atom is -0.463 e. The van der Waals surface area contributed by atoms with Gasteiger partial charge in [-0.3, -0.25) is 9.59 Å². The zero-order valence-electron chi connectivity index (χ0n) is 25.7. The van der Waals surface area contributed by atoms with Crippen molar-refractivity contribution in [3.63, 3.8) is 0 Å². The molecule has 1 aromatic carbocycles. The largest absolute Gasteiger partial charge is 0.509 e. The van der Waals surface area contributed by atoms with Gasteiger partial charge in [-0.15, -0.1) is 0 Å². The summed E-state index contributed by atoms with van der Waals surface area (Å²) in [5.74, 6) is -0.285. The monoisotopic (exact) mass is 670 g/mol. The maximum Gasteiger partial charge on any atom is 0.509 e. The SMILES string of the molecule is CCC1(OC(=O)OCCOCCOC(=O)CCCCC(S)CCS)C(=O)OCc2c1cc1n(c2=O)Cc2cc3ccccc3nc2-1. The third-order valence-electron chi connectivity index (χ3n) is 8.21. The second-order valence-electron chi connectivity index (χ2n) is 11.2. The molecule has 0 N–H and O–H groups in total. The molecule has 2 unspecified atom stereocenters. The number of nitrogens with zero attached hydrogens (tertiary/aromatic N) is 2. The first-order chi connectivity index (χ1) is 22.3. The second-order valence-corrected chi connectivity index (χ2v) is 12.4. The Bertz CT molecular complexity index is 1660. The Morgan fingerprint density at radius 2 is 1.85 bits per heavy atom. The molecule has 11 nitrogen and oxygen atoms in total. The summed E-state index contributed by atoms with van der Waals surface area (Å²) in [6, 6.07) is 11.4. The van der Waals surface area contributed by atoms with Crippen molar-refractivity contribution >= 4 is 54.3 Å². The van der Waals surface area contributed by atoms with E-state index in [1.807, 2.05) is 30.3 Å². The lowest BCUT2D eigenvalue weighted by atomic mass is 9.85. The molecule has 0 bridgehead atoms. The molecule has 3 aromatic rings. The van der Waals surface area contributed by atoms with Crippen molar-refractivity contribution in [3.05, 3.63) is 63.4 Å². The Balaban J connectivity index is 1.15. The quantitative estimate of drug-likeness (QED) is 0.0773. The van der Waals surface area contributed by atoms with Gasteiger partial charge in [0, 0.05) is 28.2 Å². The minimum absolute atomic E-state index is 0.0155. The van der Waals surface area contributed by atoms with Gasteiger partial charge in [-0.1, -0.05) is 31.5 Å². The topological polar surface area (TPSA) is 132 Å². The number of ether oxygens (including phenoxy) is 5. The van der Waals surface area contributed by atoms with Crippen LogP contribution in [0.1, 0.15) is 62.1 Å². The first kappa shape index (κ1) is 33.8. The average Bonchev–Trinajstić information content (AvgIpc) is 3.40. The number of thiol groups is 2. The van der Waals surface area contributed by atoms with E-state index in [9.17, 15) is 19.2 Å². The van der Waals surface area contributed by atoms with Crippen molar-refractivity contribution in [2.24, 2.45) is 0 Å². The number of hydrogen-bond acceptors (Lipinski definition) is 12. The van der Waals surface area contributed by atoms with Gasteiger partial charge in [0.15, 0.2) is 0 Å². The first-order valence-corrected chi connectivity index (χ1v) is 16.6. The first-order valence-electron chi connectivity index (χ1n) is 15.5. The fraction of sp³-hybridized carbons (Fsp3) is 0.485. The number of aromatic nitrogens is 2. The van der Waals surface area contributed by atoms with Gasteiger partial charge >= 0.3 is 18.1 Å². The van der Waals surface area contributed by atoms with Gasteiger partial charge in [-0.25, -0.2) is 14.6 Å². The third-order valence-corrected chi connectivity index (χ3v) is 8.99. The summed E-state index contributed by atoms with van der Waals surface area (Å²) in [4.78, 5) is 56.3. The molecule has 2 aliphatic heterocycles. The normalized spacial score (nSPS) is 17.1. The standard InChI is InChI=1S/C33H38N2O9S2/c1-2-33(44-32(39)42-15-13-40-12-14-41-28(36)10-6-4-8-23(46)11-16-45)25-18-27-29-22(17-21-7-3-5-9-26(21)34-29)19-35(27)30(37)24(25)20-43-31(33)38/h3,5,7,9,17-18,23,45-46H,2,4,6,8,10-16,19-20H2,1H3. The van der Waals surface area contributed by atoms with Crippen molar-refractivity contribution in [2.75, 3.05) is 32.2 Å². The van der Waals surface area contributed by atoms with E-state index in [1.165, 1.54) is 0 Å². The van der Waals surface area contributed by atoms with Gasteiger partial charge in [0.25, 0.3) is 5.56 Å². The molecule has 0 aliphatic carbocycles. The molecule has 2 aromatic heterocycles. The molecule has 46 heavy (non-hydrogen) atoms. The molecular formula is C33H38N2O9S2. The van der Waals surface area contributed by atoms with E-state index in [-0.39, 0.29) is 62.1 Å². The predicted molar refractivity (Wildman–Crippen MR) is 176 cm³/mol. The third kappa shape index (κ3) is 7.37. The van der Waals surface area contributed by atoms with Crippen LogP contribution in [0.25, 0.3) is 22.3 Å². The second kappa shape index (κ2) is 15.4. The van der Waals surface area contributed by atoms with Gasteiger partial charge in [-0.2, -0.15) is 25.3 Å². The Kier molecular flexibility index (Phi) is 11.3. The summed E-state index contributed by atoms with van der Waals surface area (Å²) in [6.45, 7) is 1.83. The van der Waals surface area contributed by atoms with Gasteiger partial charge < -0.3 is 28.3 Å². The summed E-state index contributed by atoms with van der Waals surface area (Å²) < 4.78 is 28.4. The van der Waals surface area contributed by atoms with Crippen LogP contribution in [0.3, 0.4) is 0 Å². The lowest BCUT2D eigenvalue weighted by Crippen LogP contribution is -2.47. The van der Waals surface area contributed by atoms with E-state index >= 15 is 0 Å². The van der Waals surface area contributed by atoms with Crippen LogP contribution in [0.2, 0.25) is 0 Å². The van der Waals surface area contributed by atoms with Crippen molar-refractivity contribution in [2.45, 2.75) is 69.5 Å². The van der Waals surface area contributed by atoms with E-state index < -0.39 is 17.7 Å². The minimum atomic E-state index is -1.87. The maximum absolute atomic E-state index is 13.6. The van der Waals surface area contributed by atoms with E-state index in [2.05, 4.69) is 25.3 Å². The molecule has 5 rings (SSSR count). The number of esters is 2. The summed E-state index contributed by atoms with van der Waals surface area (Å²) in [7, 11) is 0. The number of hydrogen-bond donors (Lipinski definition) is 2. The number of para-hydroxylation sites is 1. The summed E-state index contributed by atoms with van der Waals surface area (Å²) in [6.07, 6.45) is 2.73. The molecule has 0 radical (unpaired) electrons. The van der Waals surface area contributed by atoms with E-state index in [0.717, 1.165) is 47.9 Å². The Morgan fingerprint density at radius 3 is 2.63 bits per heavy atom. The van der Waals surface area contributed by atoms with Crippen LogP contribution in [0.5, 0.6) is 0 Å². The summed E-state index contributed by atoms with van der Waals surface area (Å²) >= 11 is 8.68. The van der Waals surface area contributed by atoms with Crippen LogP contribution >= 0.6 is 25.3 Å².